The van der Waals surface area contributed by atoms with Crippen LogP contribution in [0.4, 0.5) is 0 Å². The van der Waals surface area contributed by atoms with Crippen molar-refractivity contribution in [2.45, 2.75) is 0 Å². The second kappa shape index (κ2) is 8.75. The Morgan fingerprint density at radius 1 is 1.15 bits per heavy atom. The molecule has 0 fully saturated rings. The summed E-state index contributed by atoms with van der Waals surface area (Å²) < 4.78 is 5.67. The number of phenolic OH excluding ortho intramolecular Hbond substituents is 1. The lowest BCUT2D eigenvalue weighted by atomic mass is 10.0. The van der Waals surface area contributed by atoms with Crippen molar-refractivity contribution in [2.75, 3.05) is 12.5 Å². The summed E-state index contributed by atoms with van der Waals surface area (Å²) in [6.07, 6.45) is 1.56. The number of carbonyl (C=O) groups is 1. The Kier molecular flexibility index (Phi) is 6.16. The highest BCUT2D eigenvalue weighted by Crippen LogP contribution is 2.28. The smallest absolute Gasteiger partial charge is 0.271 e. The first kappa shape index (κ1) is 19.0. The molecule has 7 heteroatoms. The highest BCUT2D eigenvalue weighted by Gasteiger charge is 2.08. The number of amides is 1. The van der Waals surface area contributed by atoms with Crippen LogP contribution in [0.15, 0.2) is 59.7 Å². The van der Waals surface area contributed by atoms with E-state index in [2.05, 4.69) is 10.5 Å². The van der Waals surface area contributed by atoms with E-state index in [1.165, 1.54) is 18.2 Å². The van der Waals surface area contributed by atoms with Gasteiger partial charge in [0.25, 0.3) is 5.91 Å². The molecule has 0 aliphatic carbocycles. The zero-order valence-corrected chi connectivity index (χ0v) is 15.7. The highest BCUT2D eigenvalue weighted by molar-refractivity contribution is 6.32. The van der Waals surface area contributed by atoms with Crippen LogP contribution in [0.5, 0.6) is 11.5 Å². The summed E-state index contributed by atoms with van der Waals surface area (Å²) in [5.41, 5.74) is 3.57. The maximum atomic E-state index is 12.1. The minimum Gasteiger partial charge on any atom is -0.506 e. The van der Waals surface area contributed by atoms with Crippen LogP contribution in [0, 0.1) is 0 Å². The summed E-state index contributed by atoms with van der Waals surface area (Å²) in [6, 6.07) is 15.6. The predicted molar refractivity (Wildman–Crippen MR) is 108 cm³/mol. The summed E-state index contributed by atoms with van der Waals surface area (Å²) in [5, 5.41) is 15.4. The number of fused-ring (bicyclic) bond motifs is 1. The third-order valence-electron chi connectivity index (χ3n) is 3.83. The molecule has 0 heterocycles. The lowest BCUT2D eigenvalue weighted by Crippen LogP contribution is -2.17. The van der Waals surface area contributed by atoms with E-state index in [-0.39, 0.29) is 10.8 Å². The summed E-state index contributed by atoms with van der Waals surface area (Å²) in [6.45, 7) is 0.421. The number of halogens is 2. The van der Waals surface area contributed by atoms with Crippen molar-refractivity contribution >= 4 is 46.1 Å². The van der Waals surface area contributed by atoms with Gasteiger partial charge in [-0.2, -0.15) is 5.10 Å². The Morgan fingerprint density at radius 2 is 1.93 bits per heavy atom. The number of aromatic hydroxyl groups is 1. The third kappa shape index (κ3) is 4.51. The second-order valence-electron chi connectivity index (χ2n) is 5.60. The van der Waals surface area contributed by atoms with Crippen LogP contribution in [0.2, 0.25) is 5.02 Å². The van der Waals surface area contributed by atoms with Crippen molar-refractivity contribution in [2.24, 2.45) is 5.10 Å². The summed E-state index contributed by atoms with van der Waals surface area (Å²) in [7, 11) is 0. The molecule has 3 rings (SSSR count). The number of carbonyl (C=O) groups excluding carboxylic acids is 1. The monoisotopic (exact) mass is 402 g/mol. The molecule has 5 nitrogen and oxygen atoms in total. The van der Waals surface area contributed by atoms with Gasteiger partial charge >= 0.3 is 0 Å². The van der Waals surface area contributed by atoms with Crippen LogP contribution in [-0.2, 0) is 0 Å². The molecule has 0 bridgehead atoms. The number of alkyl halides is 1. The molecular formula is C20H16Cl2N2O3. The molecule has 3 aromatic carbocycles. The number of hydrazone groups is 1. The van der Waals surface area contributed by atoms with Crippen LogP contribution >= 0.6 is 23.2 Å². The Balaban J connectivity index is 1.79. The van der Waals surface area contributed by atoms with Crippen molar-refractivity contribution in [3.05, 3.63) is 70.7 Å². The van der Waals surface area contributed by atoms with Crippen LogP contribution in [-0.4, -0.2) is 29.7 Å². The quantitative estimate of drug-likeness (QED) is 0.360. The first-order valence-electron chi connectivity index (χ1n) is 8.12. The zero-order valence-electron chi connectivity index (χ0n) is 14.2. The van der Waals surface area contributed by atoms with Crippen molar-refractivity contribution in [1.29, 1.82) is 0 Å². The fourth-order valence-electron chi connectivity index (χ4n) is 2.55. The van der Waals surface area contributed by atoms with Gasteiger partial charge in [0, 0.05) is 16.5 Å². The van der Waals surface area contributed by atoms with Gasteiger partial charge in [-0.25, -0.2) is 5.43 Å². The second-order valence-corrected chi connectivity index (χ2v) is 6.39. The normalized spacial score (nSPS) is 11.0. The van der Waals surface area contributed by atoms with E-state index < -0.39 is 5.91 Å². The number of benzene rings is 3. The van der Waals surface area contributed by atoms with E-state index in [1.54, 1.807) is 6.21 Å². The SMILES string of the molecule is O=C(NN=Cc1ccc(OCCCl)c2ccccc12)c1ccc(O)c(Cl)c1. The van der Waals surface area contributed by atoms with Crippen molar-refractivity contribution < 1.29 is 14.6 Å². The Bertz CT molecular complexity index is 1010. The van der Waals surface area contributed by atoms with Gasteiger partial charge in [-0.1, -0.05) is 35.9 Å². The topological polar surface area (TPSA) is 70.9 Å². The molecule has 0 aliphatic rings. The average Bonchev–Trinajstić information content (AvgIpc) is 2.69. The lowest BCUT2D eigenvalue weighted by Gasteiger charge is -2.10. The van der Waals surface area contributed by atoms with Crippen molar-refractivity contribution in [3.8, 4) is 11.5 Å². The summed E-state index contributed by atoms with van der Waals surface area (Å²) in [4.78, 5) is 12.1. The number of rotatable bonds is 6. The molecule has 27 heavy (non-hydrogen) atoms. The molecule has 1 amide bonds. The van der Waals surface area contributed by atoms with Gasteiger partial charge in [0.05, 0.1) is 17.1 Å². The fraction of sp³-hybridized carbons (Fsp3) is 0.100. The summed E-state index contributed by atoms with van der Waals surface area (Å²) in [5.74, 6) is 0.635. The van der Waals surface area contributed by atoms with E-state index in [0.717, 1.165) is 22.1 Å². The van der Waals surface area contributed by atoms with Crippen LogP contribution in [0.3, 0.4) is 0 Å². The lowest BCUT2D eigenvalue weighted by molar-refractivity contribution is 0.0955. The zero-order chi connectivity index (χ0) is 19.2. The van der Waals surface area contributed by atoms with E-state index in [0.29, 0.717) is 18.1 Å². The van der Waals surface area contributed by atoms with Crippen LogP contribution in [0.1, 0.15) is 15.9 Å². The number of hydrogen-bond donors (Lipinski definition) is 2. The fourth-order valence-corrected chi connectivity index (χ4v) is 2.81. The number of ether oxygens (including phenoxy) is 1. The predicted octanol–water partition coefficient (Wildman–Crippen LogP) is 4.58. The molecule has 3 aromatic rings. The molecule has 0 aliphatic heterocycles. The Morgan fingerprint density at radius 3 is 2.67 bits per heavy atom. The Labute approximate surface area is 166 Å². The Hall–Kier alpha value is -2.76. The molecule has 2 N–H and O–H groups in total. The van der Waals surface area contributed by atoms with Gasteiger partial charge in [0.2, 0.25) is 0 Å². The van der Waals surface area contributed by atoms with Gasteiger partial charge in [-0.05, 0) is 35.7 Å². The van der Waals surface area contributed by atoms with Gasteiger partial charge in [-0.3, -0.25) is 4.79 Å². The number of nitrogens with zero attached hydrogens (tertiary/aromatic N) is 1. The summed E-state index contributed by atoms with van der Waals surface area (Å²) >= 11 is 11.5. The highest BCUT2D eigenvalue weighted by atomic mass is 35.5. The number of hydrogen-bond acceptors (Lipinski definition) is 4. The van der Waals surface area contributed by atoms with Crippen molar-refractivity contribution in [3.63, 3.8) is 0 Å². The molecular weight excluding hydrogens is 387 g/mol. The van der Waals surface area contributed by atoms with Crippen LogP contribution < -0.4 is 10.2 Å². The van der Waals surface area contributed by atoms with Gasteiger partial charge in [0.1, 0.15) is 18.1 Å². The van der Waals surface area contributed by atoms with Crippen molar-refractivity contribution in [1.82, 2.24) is 5.43 Å². The third-order valence-corrected chi connectivity index (χ3v) is 4.29. The van der Waals surface area contributed by atoms with Crippen LogP contribution in [0.25, 0.3) is 10.8 Å². The number of nitrogens with one attached hydrogen (secondary N) is 1. The first-order chi connectivity index (χ1) is 13.1. The van der Waals surface area contributed by atoms with Gasteiger partial charge < -0.3 is 9.84 Å². The standard InChI is InChI=1S/C20H16Cl2N2O3/c21-9-10-27-19-8-6-14(15-3-1-2-4-16(15)19)12-23-24-20(26)13-5-7-18(25)17(22)11-13/h1-8,11-12,25H,9-10H2,(H,24,26). The molecule has 0 atom stereocenters. The molecule has 0 aromatic heterocycles. The molecule has 0 saturated carbocycles. The molecule has 138 valence electrons. The minimum absolute atomic E-state index is 0.0836. The van der Waals surface area contributed by atoms with Gasteiger partial charge in [0.15, 0.2) is 0 Å². The largest absolute Gasteiger partial charge is 0.506 e. The minimum atomic E-state index is -0.431. The van der Waals surface area contributed by atoms with E-state index in [9.17, 15) is 9.90 Å². The average molecular weight is 403 g/mol. The molecule has 0 spiro atoms. The molecule has 0 radical (unpaired) electrons. The van der Waals surface area contributed by atoms with Gasteiger partial charge in [-0.15, -0.1) is 11.6 Å². The molecule has 0 unspecified atom stereocenters. The van der Waals surface area contributed by atoms with E-state index in [4.69, 9.17) is 27.9 Å². The van der Waals surface area contributed by atoms with E-state index in [1.807, 2.05) is 36.4 Å². The maximum absolute atomic E-state index is 12.1. The number of phenols is 1. The molecule has 0 saturated heterocycles. The maximum Gasteiger partial charge on any atom is 0.271 e. The first-order valence-corrected chi connectivity index (χ1v) is 9.04. The van der Waals surface area contributed by atoms with E-state index >= 15 is 0 Å².